The lowest BCUT2D eigenvalue weighted by Crippen LogP contribution is -2.19. The molecule has 2 N–H and O–H groups in total. The number of para-hydroxylation sites is 3. The van der Waals surface area contributed by atoms with E-state index >= 15 is 0 Å². The lowest BCUT2D eigenvalue weighted by molar-refractivity contribution is 0.262. The minimum absolute atomic E-state index is 0.396. The molecule has 0 atom stereocenters. The van der Waals surface area contributed by atoms with E-state index < -0.39 is 6.03 Å². The number of aromatic nitrogens is 2. The van der Waals surface area contributed by atoms with Crippen LogP contribution in [0.3, 0.4) is 0 Å². The monoisotopic (exact) mass is 383 g/mol. The van der Waals surface area contributed by atoms with E-state index in [9.17, 15) is 4.79 Å². The summed E-state index contributed by atoms with van der Waals surface area (Å²) in [5.41, 5.74) is 1.62. The number of carbonyl (C=O) groups excluding carboxylic acids is 1. The highest BCUT2D eigenvalue weighted by Crippen LogP contribution is 2.30. The largest absolute Gasteiger partial charge is 0.492 e. The molecule has 1 heterocycles. The lowest BCUT2D eigenvalue weighted by atomic mass is 10.3. The van der Waals surface area contributed by atoms with Gasteiger partial charge in [-0.1, -0.05) is 41.7 Å². The summed E-state index contributed by atoms with van der Waals surface area (Å²) >= 11 is 1.31. The van der Waals surface area contributed by atoms with Crippen LogP contribution < -0.4 is 20.3 Å². The molecule has 0 aliphatic carbocycles. The van der Waals surface area contributed by atoms with E-state index in [1.807, 2.05) is 61.2 Å². The van der Waals surface area contributed by atoms with Crippen molar-refractivity contribution in [2.75, 3.05) is 28.7 Å². The van der Waals surface area contributed by atoms with Gasteiger partial charge in [-0.2, -0.15) is 0 Å². The number of urea groups is 1. The van der Waals surface area contributed by atoms with Gasteiger partial charge in [-0.05, 0) is 38.1 Å². The quantitative estimate of drug-likeness (QED) is 0.616. The van der Waals surface area contributed by atoms with Gasteiger partial charge in [0.15, 0.2) is 0 Å². The molecule has 27 heavy (non-hydrogen) atoms. The molecule has 0 radical (unpaired) electrons. The Balaban J connectivity index is 1.68. The predicted octanol–water partition coefficient (Wildman–Crippen LogP) is 4.74. The van der Waals surface area contributed by atoms with E-state index in [1.165, 1.54) is 11.3 Å². The van der Waals surface area contributed by atoms with Crippen molar-refractivity contribution in [1.82, 2.24) is 10.2 Å². The second-order valence-corrected chi connectivity index (χ2v) is 6.43. The zero-order valence-electron chi connectivity index (χ0n) is 15.2. The van der Waals surface area contributed by atoms with Crippen molar-refractivity contribution in [2.24, 2.45) is 0 Å². The van der Waals surface area contributed by atoms with Crippen LogP contribution in [0.25, 0.3) is 0 Å². The molecule has 0 spiro atoms. The maximum absolute atomic E-state index is 12.3. The number of carbonyl (C=O) groups is 1. The van der Waals surface area contributed by atoms with E-state index in [0.29, 0.717) is 28.3 Å². The summed E-state index contributed by atoms with van der Waals surface area (Å²) in [5.74, 6) is 0.620. The molecule has 3 rings (SSSR count). The molecule has 3 aromatic rings. The maximum atomic E-state index is 12.3. The Morgan fingerprint density at radius 3 is 2.52 bits per heavy atom. The minimum atomic E-state index is -0.396. The average Bonchev–Trinajstić information content (AvgIpc) is 3.13. The van der Waals surface area contributed by atoms with Crippen LogP contribution in [0.2, 0.25) is 0 Å². The normalized spacial score (nSPS) is 10.3. The highest BCUT2D eigenvalue weighted by atomic mass is 32.1. The molecule has 7 nitrogen and oxygen atoms in total. The molecule has 8 heteroatoms. The lowest BCUT2D eigenvalue weighted by Gasteiger charge is -2.18. The van der Waals surface area contributed by atoms with Gasteiger partial charge in [0, 0.05) is 12.2 Å². The molecule has 0 saturated carbocycles. The molecule has 2 aromatic carbocycles. The topological polar surface area (TPSA) is 79.4 Å². The van der Waals surface area contributed by atoms with Crippen LogP contribution in [0.5, 0.6) is 5.75 Å². The number of hydrogen-bond acceptors (Lipinski definition) is 6. The first-order chi connectivity index (χ1) is 13.2. The average molecular weight is 383 g/mol. The Morgan fingerprint density at radius 1 is 1.04 bits per heavy atom. The van der Waals surface area contributed by atoms with Gasteiger partial charge < -0.3 is 15.0 Å². The van der Waals surface area contributed by atoms with E-state index in [4.69, 9.17) is 4.74 Å². The van der Waals surface area contributed by atoms with Gasteiger partial charge in [0.05, 0.1) is 12.3 Å². The van der Waals surface area contributed by atoms with Gasteiger partial charge in [-0.3, -0.25) is 5.32 Å². The number of anilines is 4. The van der Waals surface area contributed by atoms with E-state index in [1.54, 1.807) is 12.1 Å². The van der Waals surface area contributed by atoms with Crippen LogP contribution in [0, 0.1) is 0 Å². The molecule has 1 aromatic heterocycles. The Kier molecular flexibility index (Phi) is 6.22. The van der Waals surface area contributed by atoms with E-state index in [2.05, 4.69) is 20.8 Å². The fourth-order valence-corrected chi connectivity index (χ4v) is 3.34. The summed E-state index contributed by atoms with van der Waals surface area (Å²) in [5, 5.41) is 14.9. The SMILES string of the molecule is CCOc1ccccc1NC(=O)Nc1nnc(N(CC)c2ccccc2)s1. The fraction of sp³-hybridized carbons (Fsp3) is 0.211. The smallest absolute Gasteiger partial charge is 0.325 e. The van der Waals surface area contributed by atoms with Crippen LogP contribution in [0.4, 0.5) is 26.4 Å². The molecule has 0 aliphatic rings. The maximum Gasteiger partial charge on any atom is 0.325 e. The van der Waals surface area contributed by atoms with Crippen molar-refractivity contribution in [3.8, 4) is 5.75 Å². The number of amides is 2. The Bertz CT molecular complexity index is 885. The molecule has 0 fully saturated rings. The van der Waals surface area contributed by atoms with Crippen LogP contribution in [-0.4, -0.2) is 29.4 Å². The first-order valence-electron chi connectivity index (χ1n) is 8.67. The van der Waals surface area contributed by atoms with E-state index in [0.717, 1.165) is 12.2 Å². The molecular weight excluding hydrogens is 362 g/mol. The second-order valence-electron chi connectivity index (χ2n) is 5.48. The number of rotatable bonds is 7. The molecule has 2 amide bonds. The van der Waals surface area contributed by atoms with Gasteiger partial charge in [0.1, 0.15) is 5.75 Å². The van der Waals surface area contributed by atoms with Crippen molar-refractivity contribution in [1.29, 1.82) is 0 Å². The number of hydrogen-bond donors (Lipinski definition) is 2. The van der Waals surface area contributed by atoms with Gasteiger partial charge in [0.25, 0.3) is 0 Å². The molecule has 140 valence electrons. The zero-order valence-corrected chi connectivity index (χ0v) is 16.0. The predicted molar refractivity (Wildman–Crippen MR) is 109 cm³/mol. The van der Waals surface area contributed by atoms with Crippen LogP contribution in [0.1, 0.15) is 13.8 Å². The van der Waals surface area contributed by atoms with Crippen molar-refractivity contribution < 1.29 is 9.53 Å². The van der Waals surface area contributed by atoms with Crippen LogP contribution in [0.15, 0.2) is 54.6 Å². The zero-order chi connectivity index (χ0) is 19.1. The number of ether oxygens (including phenoxy) is 1. The molecule has 0 unspecified atom stereocenters. The van der Waals surface area contributed by atoms with Crippen molar-refractivity contribution in [2.45, 2.75) is 13.8 Å². The first-order valence-corrected chi connectivity index (χ1v) is 9.48. The number of nitrogens with one attached hydrogen (secondary N) is 2. The summed E-state index contributed by atoms with van der Waals surface area (Å²) in [6.07, 6.45) is 0. The minimum Gasteiger partial charge on any atom is -0.492 e. The number of nitrogens with zero attached hydrogens (tertiary/aromatic N) is 3. The van der Waals surface area contributed by atoms with Gasteiger partial charge in [-0.25, -0.2) is 4.79 Å². The highest BCUT2D eigenvalue weighted by molar-refractivity contribution is 7.19. The van der Waals surface area contributed by atoms with Crippen molar-refractivity contribution in [3.05, 3.63) is 54.6 Å². The summed E-state index contributed by atoms with van der Waals surface area (Å²) in [4.78, 5) is 14.3. The molecule has 0 aliphatic heterocycles. The third-order valence-corrected chi connectivity index (χ3v) is 4.55. The summed E-state index contributed by atoms with van der Waals surface area (Å²) in [7, 11) is 0. The Labute approximate surface area is 162 Å². The van der Waals surface area contributed by atoms with Crippen molar-refractivity contribution in [3.63, 3.8) is 0 Å². The third-order valence-electron chi connectivity index (χ3n) is 3.68. The summed E-state index contributed by atoms with van der Waals surface area (Å²) in [6, 6.07) is 16.8. The Morgan fingerprint density at radius 2 is 1.78 bits per heavy atom. The fourth-order valence-electron chi connectivity index (χ4n) is 2.51. The number of benzene rings is 2. The summed E-state index contributed by atoms with van der Waals surface area (Å²) in [6.45, 7) is 5.20. The highest BCUT2D eigenvalue weighted by Gasteiger charge is 2.15. The van der Waals surface area contributed by atoms with Crippen molar-refractivity contribution >= 4 is 39.0 Å². The third kappa shape index (κ3) is 4.73. The van der Waals surface area contributed by atoms with Gasteiger partial charge >= 0.3 is 6.03 Å². The van der Waals surface area contributed by atoms with Crippen LogP contribution >= 0.6 is 11.3 Å². The first kappa shape index (κ1) is 18.7. The standard InChI is InChI=1S/C19H21N5O2S/c1-3-24(14-10-6-5-7-11-14)19-23-22-18(27-19)21-17(25)20-15-12-8-9-13-16(15)26-4-2/h5-13H,3-4H2,1-2H3,(H2,20,21,22,25). The molecule has 0 saturated heterocycles. The molecular formula is C19H21N5O2S. The Hall–Kier alpha value is -3.13. The molecule has 0 bridgehead atoms. The summed E-state index contributed by atoms with van der Waals surface area (Å²) < 4.78 is 5.51. The van der Waals surface area contributed by atoms with E-state index in [-0.39, 0.29) is 0 Å². The van der Waals surface area contributed by atoms with Gasteiger partial charge in [-0.15, -0.1) is 10.2 Å². The van der Waals surface area contributed by atoms with Gasteiger partial charge in [0.2, 0.25) is 10.3 Å². The van der Waals surface area contributed by atoms with Crippen LogP contribution in [-0.2, 0) is 0 Å². The second kappa shape index (κ2) is 9.00.